The van der Waals surface area contributed by atoms with Crippen LogP contribution in [0, 0.1) is 0 Å². The number of fused-ring (bicyclic) bond motifs is 1. The summed E-state index contributed by atoms with van der Waals surface area (Å²) in [7, 11) is 2.16. The van der Waals surface area contributed by atoms with E-state index in [-0.39, 0.29) is 5.91 Å². The molecule has 1 aliphatic heterocycles. The molecule has 6 heteroatoms. The van der Waals surface area contributed by atoms with Crippen LogP contribution in [-0.2, 0) is 4.79 Å². The van der Waals surface area contributed by atoms with Gasteiger partial charge in [0.25, 0.3) is 0 Å². The molecule has 1 amide bonds. The van der Waals surface area contributed by atoms with Crippen molar-refractivity contribution < 1.29 is 4.79 Å². The number of nitrogens with zero attached hydrogens (tertiary/aromatic N) is 3. The van der Waals surface area contributed by atoms with E-state index in [0.29, 0.717) is 6.42 Å². The van der Waals surface area contributed by atoms with Crippen LogP contribution in [0.1, 0.15) is 26.2 Å². The minimum Gasteiger partial charge on any atom is -0.345 e. The van der Waals surface area contributed by atoms with Gasteiger partial charge in [-0.15, -0.1) is 0 Å². The number of amides is 1. The summed E-state index contributed by atoms with van der Waals surface area (Å²) in [6, 6.07) is 5.98. The van der Waals surface area contributed by atoms with E-state index in [9.17, 15) is 4.79 Å². The number of likely N-dealkylation sites (N-methyl/N-ethyl adjacent to an activating group) is 1. The second-order valence-electron chi connectivity index (χ2n) is 6.12. The van der Waals surface area contributed by atoms with Gasteiger partial charge in [-0.05, 0) is 31.7 Å². The van der Waals surface area contributed by atoms with Crippen molar-refractivity contribution in [2.24, 2.45) is 0 Å². The molecule has 0 saturated carbocycles. The number of anilines is 2. The second-order valence-corrected chi connectivity index (χ2v) is 7.13. The van der Waals surface area contributed by atoms with E-state index in [0.717, 1.165) is 60.1 Å². The molecule has 124 valence electrons. The Labute approximate surface area is 141 Å². The van der Waals surface area contributed by atoms with Gasteiger partial charge in [0.1, 0.15) is 0 Å². The third-order valence-electron chi connectivity index (χ3n) is 4.19. The van der Waals surface area contributed by atoms with Crippen molar-refractivity contribution in [3.63, 3.8) is 0 Å². The first-order valence-electron chi connectivity index (χ1n) is 8.29. The average molecular weight is 332 g/mol. The van der Waals surface area contributed by atoms with Gasteiger partial charge in [0, 0.05) is 38.3 Å². The summed E-state index contributed by atoms with van der Waals surface area (Å²) < 4.78 is 1.13. The molecule has 3 rings (SSSR count). The largest absolute Gasteiger partial charge is 0.345 e. The molecule has 1 aromatic carbocycles. The van der Waals surface area contributed by atoms with E-state index in [1.807, 2.05) is 18.2 Å². The van der Waals surface area contributed by atoms with Gasteiger partial charge in [0.2, 0.25) is 5.91 Å². The number of rotatable bonds is 5. The number of thiazole rings is 1. The first-order chi connectivity index (χ1) is 11.2. The third-order valence-corrected chi connectivity index (χ3v) is 5.27. The van der Waals surface area contributed by atoms with E-state index in [2.05, 4.69) is 29.1 Å². The van der Waals surface area contributed by atoms with Gasteiger partial charge in [0.05, 0.1) is 10.2 Å². The highest BCUT2D eigenvalue weighted by molar-refractivity contribution is 7.22. The summed E-state index contributed by atoms with van der Waals surface area (Å²) in [4.78, 5) is 21.3. The minimum atomic E-state index is 0.0926. The number of benzene rings is 1. The van der Waals surface area contributed by atoms with Crippen LogP contribution in [0.4, 0.5) is 10.8 Å². The Hall–Kier alpha value is -1.66. The molecule has 1 aromatic heterocycles. The predicted octanol–water partition coefficient (Wildman–Crippen LogP) is 3.18. The first kappa shape index (κ1) is 16.2. The molecular formula is C17H24N4OS. The molecule has 23 heavy (non-hydrogen) atoms. The van der Waals surface area contributed by atoms with Crippen molar-refractivity contribution in [2.45, 2.75) is 26.2 Å². The molecule has 0 unspecified atom stereocenters. The molecule has 1 N–H and O–H groups in total. The zero-order valence-electron chi connectivity index (χ0n) is 13.8. The molecule has 5 nitrogen and oxygen atoms in total. The lowest BCUT2D eigenvalue weighted by Gasteiger charge is -2.31. The van der Waals surface area contributed by atoms with Crippen molar-refractivity contribution in [1.82, 2.24) is 9.88 Å². The average Bonchev–Trinajstić information content (AvgIpc) is 2.96. The molecule has 0 atom stereocenters. The summed E-state index contributed by atoms with van der Waals surface area (Å²) in [6.45, 7) is 6.30. The maximum Gasteiger partial charge on any atom is 0.224 e. The molecule has 2 aromatic rings. The summed E-state index contributed by atoms with van der Waals surface area (Å²) >= 11 is 1.71. The minimum absolute atomic E-state index is 0.0926. The fourth-order valence-electron chi connectivity index (χ4n) is 2.68. The first-order valence-corrected chi connectivity index (χ1v) is 9.11. The maximum absolute atomic E-state index is 11.9. The molecular weight excluding hydrogens is 308 g/mol. The summed E-state index contributed by atoms with van der Waals surface area (Å²) in [6.07, 6.45) is 2.56. The van der Waals surface area contributed by atoms with E-state index < -0.39 is 0 Å². The van der Waals surface area contributed by atoms with Gasteiger partial charge >= 0.3 is 0 Å². The lowest BCUT2D eigenvalue weighted by atomic mass is 10.2. The van der Waals surface area contributed by atoms with Gasteiger partial charge in [-0.25, -0.2) is 4.98 Å². The highest BCUT2D eigenvalue weighted by Gasteiger charge is 2.17. The van der Waals surface area contributed by atoms with Crippen LogP contribution in [0.3, 0.4) is 0 Å². The standard InChI is InChI=1S/C17H24N4OS/c1-3-4-5-16(22)18-13-6-7-14-15(12-13)23-17(19-14)21-10-8-20(2)9-11-21/h6-7,12H,3-5,8-11H2,1-2H3,(H,18,22). The normalized spacial score (nSPS) is 16.0. The van der Waals surface area contributed by atoms with Gasteiger partial charge in [0.15, 0.2) is 5.13 Å². The lowest BCUT2D eigenvalue weighted by molar-refractivity contribution is -0.116. The maximum atomic E-state index is 11.9. The van der Waals surface area contributed by atoms with Crippen LogP contribution in [0.2, 0.25) is 0 Å². The number of hydrogen-bond donors (Lipinski definition) is 1. The zero-order valence-corrected chi connectivity index (χ0v) is 14.7. The van der Waals surface area contributed by atoms with Crippen molar-refractivity contribution in [1.29, 1.82) is 0 Å². The molecule has 2 heterocycles. The fraction of sp³-hybridized carbons (Fsp3) is 0.529. The Morgan fingerprint density at radius 3 is 2.83 bits per heavy atom. The second kappa shape index (κ2) is 7.27. The number of aromatic nitrogens is 1. The summed E-state index contributed by atoms with van der Waals surface area (Å²) in [5.41, 5.74) is 1.88. The molecule has 1 aliphatic rings. The summed E-state index contributed by atoms with van der Waals surface area (Å²) in [5.74, 6) is 0.0926. The molecule has 0 spiro atoms. The molecule has 1 saturated heterocycles. The number of unbranched alkanes of at least 4 members (excludes halogenated alkanes) is 1. The number of piperazine rings is 1. The van der Waals surface area contributed by atoms with Gasteiger partial charge in [-0.3, -0.25) is 4.79 Å². The molecule has 0 radical (unpaired) electrons. The Morgan fingerprint density at radius 2 is 2.09 bits per heavy atom. The Bertz CT molecular complexity index is 676. The van der Waals surface area contributed by atoms with Crippen LogP contribution in [0.25, 0.3) is 10.2 Å². The van der Waals surface area contributed by atoms with Crippen LogP contribution in [0.15, 0.2) is 18.2 Å². The van der Waals surface area contributed by atoms with E-state index in [4.69, 9.17) is 4.98 Å². The smallest absolute Gasteiger partial charge is 0.224 e. The van der Waals surface area contributed by atoms with Crippen LogP contribution in [0.5, 0.6) is 0 Å². The lowest BCUT2D eigenvalue weighted by Crippen LogP contribution is -2.44. The van der Waals surface area contributed by atoms with Crippen LogP contribution in [-0.4, -0.2) is 49.0 Å². The van der Waals surface area contributed by atoms with Crippen molar-refractivity contribution in [3.8, 4) is 0 Å². The predicted molar refractivity (Wildman–Crippen MR) is 97.5 cm³/mol. The highest BCUT2D eigenvalue weighted by Crippen LogP contribution is 2.31. The quantitative estimate of drug-likeness (QED) is 0.913. The van der Waals surface area contributed by atoms with Gasteiger partial charge in [-0.2, -0.15) is 0 Å². The Kier molecular flexibility index (Phi) is 5.13. The molecule has 0 aliphatic carbocycles. The van der Waals surface area contributed by atoms with Crippen LogP contribution >= 0.6 is 11.3 Å². The van der Waals surface area contributed by atoms with E-state index in [1.54, 1.807) is 11.3 Å². The van der Waals surface area contributed by atoms with Gasteiger partial charge in [-0.1, -0.05) is 24.7 Å². The topological polar surface area (TPSA) is 48.5 Å². The zero-order chi connectivity index (χ0) is 16.2. The van der Waals surface area contributed by atoms with Gasteiger partial charge < -0.3 is 15.1 Å². The van der Waals surface area contributed by atoms with E-state index >= 15 is 0 Å². The summed E-state index contributed by atoms with van der Waals surface area (Å²) in [5, 5.41) is 4.07. The Morgan fingerprint density at radius 1 is 1.30 bits per heavy atom. The van der Waals surface area contributed by atoms with E-state index in [1.165, 1.54) is 0 Å². The Balaban J connectivity index is 1.71. The monoisotopic (exact) mass is 332 g/mol. The number of nitrogens with one attached hydrogen (secondary N) is 1. The highest BCUT2D eigenvalue weighted by atomic mass is 32.1. The SMILES string of the molecule is CCCCC(=O)Nc1ccc2nc(N3CCN(C)CC3)sc2c1. The number of hydrogen-bond acceptors (Lipinski definition) is 5. The molecule has 1 fully saturated rings. The van der Waals surface area contributed by atoms with Crippen LogP contribution < -0.4 is 10.2 Å². The van der Waals surface area contributed by atoms with Crippen molar-refractivity contribution in [2.75, 3.05) is 43.4 Å². The molecule has 0 bridgehead atoms. The third kappa shape index (κ3) is 4.00. The fourth-order valence-corrected chi connectivity index (χ4v) is 3.74. The number of carbonyl (C=O) groups excluding carboxylic acids is 1. The van der Waals surface area contributed by atoms with Crippen molar-refractivity contribution >= 4 is 38.3 Å². The number of carbonyl (C=O) groups is 1. The van der Waals surface area contributed by atoms with Crippen molar-refractivity contribution in [3.05, 3.63) is 18.2 Å².